The Morgan fingerprint density at radius 1 is 1.31 bits per heavy atom. The third-order valence-electron chi connectivity index (χ3n) is 4.77. The molecule has 2 saturated heterocycles. The van der Waals surface area contributed by atoms with Crippen LogP contribution in [0.2, 0.25) is 0 Å². The number of thiophene rings is 1. The molecule has 2 aliphatic rings. The molecule has 1 aromatic rings. The zero-order valence-electron chi connectivity index (χ0n) is 14.6. The molecule has 1 N–H and O–H groups in total. The number of rotatable bonds is 6. The third-order valence-corrected chi connectivity index (χ3v) is 7.34. The lowest BCUT2D eigenvalue weighted by atomic mass is 10.0. The Labute approximate surface area is 157 Å². The molecule has 1 aromatic heterocycles. The van der Waals surface area contributed by atoms with Crippen LogP contribution < -0.4 is 5.32 Å². The van der Waals surface area contributed by atoms with Crippen molar-refractivity contribution >= 4 is 33.0 Å². The van der Waals surface area contributed by atoms with Crippen LogP contribution in [0.4, 0.5) is 0 Å². The molecule has 2 atom stereocenters. The van der Waals surface area contributed by atoms with Crippen LogP contribution in [0.25, 0.3) is 0 Å². The second-order valence-corrected chi connectivity index (χ2v) is 9.74. The maximum atomic E-state index is 12.3. The number of ether oxygens (including phenoxy) is 1. The molecule has 0 aromatic carbocycles. The molecule has 0 aliphatic carbocycles. The predicted octanol–water partition coefficient (Wildman–Crippen LogP) is -0.679. The van der Waals surface area contributed by atoms with Gasteiger partial charge in [0, 0.05) is 31.1 Å². The van der Waals surface area contributed by atoms with Crippen LogP contribution in [0.5, 0.6) is 0 Å². The fourth-order valence-electron chi connectivity index (χ4n) is 3.58. The van der Waals surface area contributed by atoms with E-state index in [9.17, 15) is 18.0 Å². The monoisotopic (exact) mass is 401 g/mol. The van der Waals surface area contributed by atoms with Gasteiger partial charge in [-0.25, -0.2) is 8.42 Å². The van der Waals surface area contributed by atoms with Crippen LogP contribution in [0.15, 0.2) is 17.5 Å². The average molecular weight is 402 g/mol. The minimum atomic E-state index is -3.23. The Kier molecular flexibility index (Phi) is 5.96. The van der Waals surface area contributed by atoms with Gasteiger partial charge in [-0.1, -0.05) is 6.07 Å². The molecule has 8 nitrogen and oxygen atoms in total. The van der Waals surface area contributed by atoms with Gasteiger partial charge in [0.2, 0.25) is 11.8 Å². The molecular formula is C16H23N3O5S2. The minimum absolute atomic E-state index is 0.0212. The van der Waals surface area contributed by atoms with E-state index in [0.29, 0.717) is 19.6 Å². The molecule has 0 unspecified atom stereocenters. The topological polar surface area (TPSA) is 96.0 Å². The summed E-state index contributed by atoms with van der Waals surface area (Å²) in [6.45, 7) is 1.41. The molecule has 3 heterocycles. The largest absolute Gasteiger partial charge is 0.375 e. The van der Waals surface area contributed by atoms with Crippen molar-refractivity contribution in [3.05, 3.63) is 22.4 Å². The van der Waals surface area contributed by atoms with Crippen LogP contribution >= 0.6 is 11.3 Å². The SMILES string of the molecule is COCC(=O)N1CCN(CC(=O)NCc2cccs2)[C@@H]2CS(=O)(=O)C[C@@H]21. The molecule has 0 bridgehead atoms. The van der Waals surface area contributed by atoms with E-state index in [1.807, 2.05) is 22.4 Å². The van der Waals surface area contributed by atoms with Crippen molar-refractivity contribution in [1.29, 1.82) is 0 Å². The first-order valence-corrected chi connectivity index (χ1v) is 11.1. The maximum absolute atomic E-state index is 12.3. The van der Waals surface area contributed by atoms with Gasteiger partial charge in [-0.15, -0.1) is 11.3 Å². The summed E-state index contributed by atoms with van der Waals surface area (Å²) in [5, 5.41) is 4.82. The van der Waals surface area contributed by atoms with Crippen LogP contribution in [0.3, 0.4) is 0 Å². The summed E-state index contributed by atoms with van der Waals surface area (Å²) < 4.78 is 29.2. The number of amides is 2. The summed E-state index contributed by atoms with van der Waals surface area (Å²) in [6.07, 6.45) is 0. The van der Waals surface area contributed by atoms with Gasteiger partial charge in [-0.3, -0.25) is 14.5 Å². The molecule has 144 valence electrons. The van der Waals surface area contributed by atoms with E-state index in [2.05, 4.69) is 5.32 Å². The number of sulfone groups is 1. The second-order valence-electron chi connectivity index (χ2n) is 6.56. The molecule has 10 heteroatoms. The Hall–Kier alpha value is -1.49. The smallest absolute Gasteiger partial charge is 0.248 e. The van der Waals surface area contributed by atoms with Crippen LogP contribution in [-0.2, 0) is 30.7 Å². The second kappa shape index (κ2) is 8.03. The summed E-state index contributed by atoms with van der Waals surface area (Å²) in [4.78, 5) is 29.0. The van der Waals surface area contributed by atoms with Crippen molar-refractivity contribution in [3.8, 4) is 0 Å². The first-order chi connectivity index (χ1) is 12.4. The summed E-state index contributed by atoms with van der Waals surface area (Å²) in [7, 11) is -1.79. The summed E-state index contributed by atoms with van der Waals surface area (Å²) in [6, 6.07) is 3.12. The van der Waals surface area contributed by atoms with Gasteiger partial charge in [0.15, 0.2) is 9.84 Å². The summed E-state index contributed by atoms with van der Waals surface area (Å²) >= 11 is 1.57. The molecular weight excluding hydrogens is 378 g/mol. The summed E-state index contributed by atoms with van der Waals surface area (Å²) in [5.74, 6) is -0.424. The molecule has 3 rings (SSSR count). The van der Waals surface area contributed by atoms with E-state index < -0.39 is 15.9 Å². The third kappa shape index (κ3) is 4.43. The van der Waals surface area contributed by atoms with Gasteiger partial charge in [0.05, 0.1) is 30.6 Å². The minimum Gasteiger partial charge on any atom is -0.375 e. The molecule has 0 radical (unpaired) electrons. The highest BCUT2D eigenvalue weighted by molar-refractivity contribution is 7.91. The lowest BCUT2D eigenvalue weighted by Gasteiger charge is -2.43. The zero-order chi connectivity index (χ0) is 18.7. The van der Waals surface area contributed by atoms with Gasteiger partial charge in [0.1, 0.15) is 6.61 Å². The Balaban J connectivity index is 1.63. The number of methoxy groups -OCH3 is 1. The van der Waals surface area contributed by atoms with Crippen molar-refractivity contribution in [3.63, 3.8) is 0 Å². The Bertz CT molecular complexity index is 750. The van der Waals surface area contributed by atoms with Gasteiger partial charge >= 0.3 is 0 Å². The van der Waals surface area contributed by atoms with Crippen molar-refractivity contribution in [2.75, 3.05) is 44.9 Å². The predicted molar refractivity (Wildman–Crippen MR) is 97.6 cm³/mol. The molecule has 26 heavy (non-hydrogen) atoms. The van der Waals surface area contributed by atoms with E-state index in [-0.39, 0.29) is 42.5 Å². The number of carbonyl (C=O) groups excluding carboxylic acids is 2. The van der Waals surface area contributed by atoms with Crippen molar-refractivity contribution in [2.45, 2.75) is 18.6 Å². The quantitative estimate of drug-likeness (QED) is 0.679. The normalized spacial score (nSPS) is 25.0. The van der Waals surface area contributed by atoms with E-state index >= 15 is 0 Å². The van der Waals surface area contributed by atoms with Crippen LogP contribution in [0.1, 0.15) is 4.88 Å². The molecule has 0 spiro atoms. The van der Waals surface area contributed by atoms with Crippen molar-refractivity contribution in [2.24, 2.45) is 0 Å². The highest BCUT2D eigenvalue weighted by Crippen LogP contribution is 2.27. The number of nitrogens with one attached hydrogen (secondary N) is 1. The van der Waals surface area contributed by atoms with Crippen LogP contribution in [0, 0.1) is 0 Å². The van der Waals surface area contributed by atoms with E-state index in [4.69, 9.17) is 4.74 Å². The molecule has 2 amide bonds. The number of hydrogen-bond acceptors (Lipinski definition) is 7. The van der Waals surface area contributed by atoms with Gasteiger partial charge in [-0.05, 0) is 11.4 Å². The zero-order valence-corrected chi connectivity index (χ0v) is 16.2. The lowest BCUT2D eigenvalue weighted by Crippen LogP contribution is -2.62. The standard InChI is InChI=1S/C16H23N3O5S2/c1-24-9-16(21)19-5-4-18(13-10-26(22,23)11-14(13)19)8-15(20)17-7-12-3-2-6-25-12/h2-3,6,13-14H,4-5,7-11H2,1H3,(H,17,20)/t13-,14+/m1/s1. The molecule has 0 saturated carbocycles. The number of piperazine rings is 1. The molecule has 2 fully saturated rings. The highest BCUT2D eigenvalue weighted by atomic mass is 32.2. The van der Waals surface area contributed by atoms with E-state index in [1.54, 1.807) is 16.2 Å². The first-order valence-electron chi connectivity index (χ1n) is 8.41. The number of hydrogen-bond donors (Lipinski definition) is 1. The fraction of sp³-hybridized carbons (Fsp3) is 0.625. The van der Waals surface area contributed by atoms with Gasteiger partial charge in [-0.2, -0.15) is 0 Å². The van der Waals surface area contributed by atoms with E-state index in [0.717, 1.165) is 4.88 Å². The lowest BCUT2D eigenvalue weighted by molar-refractivity contribution is -0.141. The average Bonchev–Trinajstić information content (AvgIpc) is 3.19. The number of fused-ring (bicyclic) bond motifs is 1. The fourth-order valence-corrected chi connectivity index (χ4v) is 6.23. The van der Waals surface area contributed by atoms with Crippen molar-refractivity contribution < 1.29 is 22.7 Å². The first kappa shape index (κ1) is 19.3. The summed E-state index contributed by atoms with van der Waals surface area (Å²) in [5.41, 5.74) is 0. The van der Waals surface area contributed by atoms with Crippen molar-refractivity contribution in [1.82, 2.24) is 15.1 Å². The van der Waals surface area contributed by atoms with E-state index in [1.165, 1.54) is 7.11 Å². The Morgan fingerprint density at radius 2 is 2.08 bits per heavy atom. The number of carbonyl (C=O) groups is 2. The maximum Gasteiger partial charge on any atom is 0.248 e. The highest BCUT2D eigenvalue weighted by Gasteiger charge is 2.48. The van der Waals surface area contributed by atoms with Gasteiger partial charge in [0.25, 0.3) is 0 Å². The van der Waals surface area contributed by atoms with Crippen LogP contribution in [-0.4, -0.2) is 87.0 Å². The Morgan fingerprint density at radius 3 is 2.77 bits per heavy atom. The molecule has 2 aliphatic heterocycles. The van der Waals surface area contributed by atoms with Gasteiger partial charge < -0.3 is 15.0 Å². The number of nitrogens with zero attached hydrogens (tertiary/aromatic N) is 2.